The van der Waals surface area contributed by atoms with E-state index in [1.54, 1.807) is 0 Å². The largest absolute Gasteiger partial charge is 0.398 e. The highest BCUT2D eigenvalue weighted by molar-refractivity contribution is 5.55. The van der Waals surface area contributed by atoms with Crippen molar-refractivity contribution in [3.8, 4) is 0 Å². The molecule has 0 bridgehead atoms. The van der Waals surface area contributed by atoms with Crippen LogP contribution in [0.4, 0.5) is 5.69 Å². The fraction of sp³-hybridized carbons (Fsp3) is 0.538. The standard InChI is InChI=1S/C13H22N2/c1-5-15(6-2)9-12-8-7-10(3)13(14)11(12)4/h7-8H,5-6,9,14H2,1-4H3. The Labute approximate surface area is 93.1 Å². The van der Waals surface area contributed by atoms with Gasteiger partial charge in [0.25, 0.3) is 0 Å². The van der Waals surface area contributed by atoms with Gasteiger partial charge in [-0.1, -0.05) is 26.0 Å². The Morgan fingerprint density at radius 2 is 1.73 bits per heavy atom. The molecule has 0 aromatic heterocycles. The third-order valence-electron chi connectivity index (χ3n) is 3.13. The third-order valence-corrected chi connectivity index (χ3v) is 3.13. The Morgan fingerprint density at radius 3 is 2.27 bits per heavy atom. The molecule has 0 amide bonds. The molecular formula is C13H22N2. The lowest BCUT2D eigenvalue weighted by Gasteiger charge is -2.20. The molecule has 0 atom stereocenters. The van der Waals surface area contributed by atoms with Crippen molar-refractivity contribution in [3.63, 3.8) is 0 Å². The molecule has 1 aromatic carbocycles. The van der Waals surface area contributed by atoms with E-state index in [9.17, 15) is 0 Å². The number of aryl methyl sites for hydroxylation is 1. The fourth-order valence-corrected chi connectivity index (χ4v) is 1.77. The normalized spacial score (nSPS) is 11.0. The van der Waals surface area contributed by atoms with Gasteiger partial charge in [0.05, 0.1) is 0 Å². The van der Waals surface area contributed by atoms with Crippen LogP contribution in [0.2, 0.25) is 0 Å². The van der Waals surface area contributed by atoms with Crippen molar-refractivity contribution in [2.75, 3.05) is 18.8 Å². The molecule has 0 heterocycles. The van der Waals surface area contributed by atoms with E-state index < -0.39 is 0 Å². The predicted octanol–water partition coefficient (Wildman–Crippen LogP) is 2.73. The lowest BCUT2D eigenvalue weighted by molar-refractivity contribution is 0.295. The van der Waals surface area contributed by atoms with Gasteiger partial charge < -0.3 is 5.73 Å². The van der Waals surface area contributed by atoms with Crippen LogP contribution in [0.1, 0.15) is 30.5 Å². The van der Waals surface area contributed by atoms with E-state index in [1.807, 2.05) is 0 Å². The van der Waals surface area contributed by atoms with Gasteiger partial charge in [-0.2, -0.15) is 0 Å². The number of hydrogen-bond acceptors (Lipinski definition) is 2. The summed E-state index contributed by atoms with van der Waals surface area (Å²) in [5.74, 6) is 0. The van der Waals surface area contributed by atoms with Crippen LogP contribution >= 0.6 is 0 Å². The molecule has 0 fully saturated rings. The topological polar surface area (TPSA) is 29.3 Å². The zero-order valence-electron chi connectivity index (χ0n) is 10.3. The average Bonchev–Trinajstić information content (AvgIpc) is 2.25. The summed E-state index contributed by atoms with van der Waals surface area (Å²) in [4.78, 5) is 2.40. The minimum absolute atomic E-state index is 0.944. The zero-order valence-corrected chi connectivity index (χ0v) is 10.3. The van der Waals surface area contributed by atoms with Crippen LogP contribution in [0, 0.1) is 13.8 Å². The van der Waals surface area contributed by atoms with Crippen LogP contribution in [-0.2, 0) is 6.54 Å². The maximum absolute atomic E-state index is 6.02. The van der Waals surface area contributed by atoms with E-state index in [0.29, 0.717) is 0 Å². The molecule has 2 nitrogen and oxygen atoms in total. The summed E-state index contributed by atoms with van der Waals surface area (Å²) in [6.45, 7) is 11.7. The van der Waals surface area contributed by atoms with Crippen molar-refractivity contribution in [2.45, 2.75) is 34.2 Å². The monoisotopic (exact) mass is 206 g/mol. The van der Waals surface area contributed by atoms with Gasteiger partial charge in [0.2, 0.25) is 0 Å². The van der Waals surface area contributed by atoms with E-state index in [0.717, 1.165) is 25.3 Å². The van der Waals surface area contributed by atoms with E-state index in [-0.39, 0.29) is 0 Å². The second kappa shape index (κ2) is 5.17. The molecule has 0 aliphatic heterocycles. The Kier molecular flexibility index (Phi) is 4.15. The lowest BCUT2D eigenvalue weighted by atomic mass is 10.0. The van der Waals surface area contributed by atoms with Crippen molar-refractivity contribution >= 4 is 5.69 Å². The molecule has 15 heavy (non-hydrogen) atoms. The highest BCUT2D eigenvalue weighted by Gasteiger charge is 2.07. The summed E-state index contributed by atoms with van der Waals surface area (Å²) in [5.41, 5.74) is 10.7. The Hall–Kier alpha value is -1.02. The summed E-state index contributed by atoms with van der Waals surface area (Å²) in [5, 5.41) is 0. The lowest BCUT2D eigenvalue weighted by Crippen LogP contribution is -2.22. The van der Waals surface area contributed by atoms with E-state index in [1.165, 1.54) is 16.7 Å². The minimum Gasteiger partial charge on any atom is -0.398 e. The second-order valence-electron chi connectivity index (χ2n) is 4.04. The van der Waals surface area contributed by atoms with Gasteiger partial charge in [-0.3, -0.25) is 4.90 Å². The van der Waals surface area contributed by atoms with Crippen LogP contribution in [0.5, 0.6) is 0 Å². The molecule has 0 saturated heterocycles. The molecule has 0 spiro atoms. The van der Waals surface area contributed by atoms with Gasteiger partial charge in [-0.05, 0) is 43.6 Å². The molecule has 0 aliphatic rings. The first-order chi connectivity index (χ1) is 7.10. The fourth-order valence-electron chi connectivity index (χ4n) is 1.77. The quantitative estimate of drug-likeness (QED) is 0.767. The molecular weight excluding hydrogens is 184 g/mol. The minimum atomic E-state index is 0.944. The number of anilines is 1. The van der Waals surface area contributed by atoms with Gasteiger partial charge >= 0.3 is 0 Å². The van der Waals surface area contributed by atoms with Crippen LogP contribution in [-0.4, -0.2) is 18.0 Å². The van der Waals surface area contributed by atoms with Gasteiger partial charge in [-0.25, -0.2) is 0 Å². The first-order valence-electron chi connectivity index (χ1n) is 5.67. The zero-order chi connectivity index (χ0) is 11.4. The molecule has 0 aliphatic carbocycles. The predicted molar refractivity (Wildman–Crippen MR) is 67.0 cm³/mol. The van der Waals surface area contributed by atoms with Crippen LogP contribution in [0.15, 0.2) is 12.1 Å². The summed E-state index contributed by atoms with van der Waals surface area (Å²) in [6.07, 6.45) is 0. The van der Waals surface area contributed by atoms with Crippen LogP contribution < -0.4 is 5.73 Å². The molecule has 0 saturated carbocycles. The number of hydrogen-bond donors (Lipinski definition) is 1. The van der Waals surface area contributed by atoms with Gasteiger partial charge in [0.15, 0.2) is 0 Å². The van der Waals surface area contributed by atoms with Gasteiger partial charge in [0, 0.05) is 12.2 Å². The van der Waals surface area contributed by atoms with E-state index >= 15 is 0 Å². The summed E-state index contributed by atoms with van der Waals surface area (Å²) in [7, 11) is 0. The number of benzene rings is 1. The van der Waals surface area contributed by atoms with Crippen molar-refractivity contribution < 1.29 is 0 Å². The molecule has 2 heteroatoms. The highest BCUT2D eigenvalue weighted by Crippen LogP contribution is 2.21. The summed E-state index contributed by atoms with van der Waals surface area (Å²) < 4.78 is 0. The first kappa shape index (κ1) is 12.1. The molecule has 0 unspecified atom stereocenters. The number of nitrogens with zero attached hydrogens (tertiary/aromatic N) is 1. The van der Waals surface area contributed by atoms with Crippen LogP contribution in [0.25, 0.3) is 0 Å². The van der Waals surface area contributed by atoms with Gasteiger partial charge in [0.1, 0.15) is 0 Å². The van der Waals surface area contributed by atoms with E-state index in [4.69, 9.17) is 5.73 Å². The SMILES string of the molecule is CCN(CC)Cc1ccc(C)c(N)c1C. The number of rotatable bonds is 4. The van der Waals surface area contributed by atoms with Crippen molar-refractivity contribution in [1.82, 2.24) is 4.90 Å². The average molecular weight is 206 g/mol. The molecule has 1 aromatic rings. The van der Waals surface area contributed by atoms with Crippen molar-refractivity contribution in [1.29, 1.82) is 0 Å². The third kappa shape index (κ3) is 2.72. The number of nitrogen functional groups attached to an aromatic ring is 1. The smallest absolute Gasteiger partial charge is 0.0376 e. The first-order valence-corrected chi connectivity index (χ1v) is 5.67. The molecule has 1 rings (SSSR count). The van der Waals surface area contributed by atoms with Crippen molar-refractivity contribution in [3.05, 3.63) is 28.8 Å². The molecule has 0 radical (unpaired) electrons. The second-order valence-corrected chi connectivity index (χ2v) is 4.04. The Bertz CT molecular complexity index is 328. The summed E-state index contributed by atoms with van der Waals surface area (Å²) in [6, 6.07) is 4.31. The maximum Gasteiger partial charge on any atom is 0.0376 e. The molecule has 2 N–H and O–H groups in total. The Morgan fingerprint density at radius 1 is 1.13 bits per heavy atom. The highest BCUT2D eigenvalue weighted by atomic mass is 15.1. The Balaban J connectivity index is 2.91. The van der Waals surface area contributed by atoms with Crippen molar-refractivity contribution in [2.24, 2.45) is 0 Å². The van der Waals surface area contributed by atoms with Crippen LogP contribution in [0.3, 0.4) is 0 Å². The summed E-state index contributed by atoms with van der Waals surface area (Å²) >= 11 is 0. The number of nitrogens with two attached hydrogens (primary N) is 1. The molecule has 84 valence electrons. The maximum atomic E-state index is 6.02. The van der Waals surface area contributed by atoms with Gasteiger partial charge in [-0.15, -0.1) is 0 Å². The van der Waals surface area contributed by atoms with E-state index in [2.05, 4.69) is 44.7 Å².